The van der Waals surface area contributed by atoms with Crippen molar-refractivity contribution < 1.29 is 4.43 Å². The second-order valence-corrected chi connectivity index (χ2v) is 27.9. The number of hydrogen-bond donors (Lipinski definition) is 0. The molecule has 0 aliphatic heterocycles. The van der Waals surface area contributed by atoms with Crippen molar-refractivity contribution in [3.05, 3.63) is 103 Å². The summed E-state index contributed by atoms with van der Waals surface area (Å²) in [7, 11) is -5.68. The summed E-state index contributed by atoms with van der Waals surface area (Å²) in [5.74, 6) is 1.17. The molecule has 0 saturated carbocycles. The van der Waals surface area contributed by atoms with E-state index in [1.54, 1.807) is 0 Å². The predicted octanol–water partition coefficient (Wildman–Crippen LogP) is 7.97. The van der Waals surface area contributed by atoms with Gasteiger partial charge in [-0.15, -0.1) is 0 Å². The fraction of sp³-hybridized carbons (Fsp3) is 0.394. The van der Waals surface area contributed by atoms with Crippen LogP contribution >= 0.6 is 0 Å². The Kier molecular flexibility index (Phi) is 9.31. The quantitative estimate of drug-likeness (QED) is 0.143. The van der Waals surface area contributed by atoms with Crippen molar-refractivity contribution >= 4 is 40.0 Å². The van der Waals surface area contributed by atoms with Gasteiger partial charge in [0.15, 0.2) is 0 Å². The third kappa shape index (κ3) is 7.24. The van der Waals surface area contributed by atoms with Crippen molar-refractivity contribution in [2.45, 2.75) is 78.1 Å². The monoisotopic (exact) mass is 544 g/mol. The van der Waals surface area contributed by atoms with Gasteiger partial charge in [0.25, 0.3) is 0 Å². The zero-order chi connectivity index (χ0) is 27.3. The maximum Gasteiger partial charge on any atom is 0.241 e. The predicted molar refractivity (Wildman–Crippen MR) is 172 cm³/mol. The first-order chi connectivity index (χ1) is 17.3. The molecule has 0 amide bonds. The van der Waals surface area contributed by atoms with Crippen LogP contribution < -0.4 is 15.6 Å². The van der Waals surface area contributed by atoms with Gasteiger partial charge in [0, 0.05) is 13.5 Å². The van der Waals surface area contributed by atoms with E-state index in [1.807, 2.05) is 0 Å². The highest BCUT2D eigenvalue weighted by molar-refractivity contribution is 7.18. The number of allylic oxidation sites excluding steroid dienone is 2. The lowest BCUT2D eigenvalue weighted by Gasteiger charge is -2.46. The standard InChI is InChI=1S/C33H48OSi3/c1-33(2,3)31(34-36(7,8)9)26-19-27-32(35(4,5)6)37(28-20-13-10-14-21-28,29-22-15-11-16-23-29)30-24-17-12-18-25-30/h10-18,20-26,32H,19,27H2,1-9H3/b31-26-. The zero-order valence-corrected chi connectivity index (χ0v) is 27.6. The molecule has 0 aromatic heterocycles. The Labute approximate surface area is 230 Å². The molecule has 1 nitrogen and oxygen atoms in total. The van der Waals surface area contributed by atoms with Gasteiger partial charge in [0.2, 0.25) is 8.32 Å². The van der Waals surface area contributed by atoms with E-state index in [1.165, 1.54) is 27.7 Å². The Bertz CT molecular complexity index is 1040. The minimum atomic E-state index is -2.35. The van der Waals surface area contributed by atoms with Crippen molar-refractivity contribution in [2.75, 3.05) is 0 Å². The number of benzene rings is 3. The summed E-state index contributed by atoms with van der Waals surface area (Å²) < 4.78 is 6.63. The molecule has 0 bridgehead atoms. The van der Waals surface area contributed by atoms with E-state index < -0.39 is 24.5 Å². The Morgan fingerprint density at radius 2 is 1.05 bits per heavy atom. The van der Waals surface area contributed by atoms with Crippen LogP contribution in [0.5, 0.6) is 0 Å². The lowest BCUT2D eigenvalue weighted by molar-refractivity contribution is 0.286. The molecular weight excluding hydrogens is 497 g/mol. The third-order valence-corrected chi connectivity index (χ3v) is 19.4. The average Bonchev–Trinajstić information content (AvgIpc) is 2.83. The smallest absolute Gasteiger partial charge is 0.241 e. The fourth-order valence-corrected chi connectivity index (χ4v) is 19.5. The highest BCUT2D eigenvalue weighted by atomic mass is 28.4. The third-order valence-electron chi connectivity index (χ3n) is 7.20. The molecule has 0 fully saturated rings. The second-order valence-electron chi connectivity index (χ2n) is 13.4. The minimum absolute atomic E-state index is 0.0156. The Balaban J connectivity index is 2.23. The van der Waals surface area contributed by atoms with Gasteiger partial charge >= 0.3 is 0 Å². The van der Waals surface area contributed by atoms with Crippen LogP contribution in [0, 0.1) is 5.41 Å². The van der Waals surface area contributed by atoms with Crippen LogP contribution in [0.4, 0.5) is 0 Å². The molecule has 0 saturated heterocycles. The number of hydrogen-bond acceptors (Lipinski definition) is 1. The van der Waals surface area contributed by atoms with E-state index in [0.717, 1.165) is 6.42 Å². The van der Waals surface area contributed by atoms with Crippen LogP contribution in [0.15, 0.2) is 103 Å². The van der Waals surface area contributed by atoms with Gasteiger partial charge in [-0.3, -0.25) is 0 Å². The summed E-state index contributed by atoms with van der Waals surface area (Å²) in [4.78, 5) is 0. The summed E-state index contributed by atoms with van der Waals surface area (Å²) in [5, 5.41) is 5.20. The summed E-state index contributed by atoms with van der Waals surface area (Å²) in [5.41, 5.74) is 0.0156. The van der Waals surface area contributed by atoms with E-state index in [0.29, 0.717) is 5.16 Å². The van der Waals surface area contributed by atoms with Gasteiger partial charge in [0.05, 0.1) is 5.76 Å². The Hall–Kier alpha value is -2.15. The van der Waals surface area contributed by atoms with E-state index in [4.69, 9.17) is 4.43 Å². The number of rotatable bonds is 10. The molecule has 0 spiro atoms. The van der Waals surface area contributed by atoms with Gasteiger partial charge in [-0.05, 0) is 52.9 Å². The van der Waals surface area contributed by atoms with Gasteiger partial charge in [0.1, 0.15) is 8.07 Å². The molecule has 1 unspecified atom stereocenters. The summed E-state index contributed by atoms with van der Waals surface area (Å²) in [6.07, 6.45) is 4.66. The van der Waals surface area contributed by atoms with Crippen LogP contribution in [0.25, 0.3) is 0 Å². The van der Waals surface area contributed by atoms with Gasteiger partial charge in [-0.25, -0.2) is 0 Å². The second kappa shape index (κ2) is 11.7. The Morgan fingerprint density at radius 1 is 0.676 bits per heavy atom. The SMILES string of the molecule is CC(C)(C)/C(=C/CCC([Si](C)(C)C)[Si](c1ccccc1)(c1ccccc1)c1ccccc1)O[Si](C)(C)C. The van der Waals surface area contributed by atoms with Crippen LogP contribution in [-0.2, 0) is 4.43 Å². The first-order valence-electron chi connectivity index (χ1n) is 13.8. The molecular formula is C33H48OSi3. The topological polar surface area (TPSA) is 9.23 Å². The summed E-state index contributed by atoms with van der Waals surface area (Å²) in [6, 6.07) is 34.4. The Morgan fingerprint density at radius 3 is 1.35 bits per heavy atom. The zero-order valence-electron chi connectivity index (χ0n) is 24.6. The highest BCUT2D eigenvalue weighted by Gasteiger charge is 2.50. The van der Waals surface area contributed by atoms with E-state index in [-0.39, 0.29) is 5.41 Å². The van der Waals surface area contributed by atoms with E-state index in [2.05, 4.69) is 157 Å². The molecule has 37 heavy (non-hydrogen) atoms. The van der Waals surface area contributed by atoms with Crippen LogP contribution in [0.3, 0.4) is 0 Å². The average molecular weight is 545 g/mol. The van der Waals surface area contributed by atoms with Crippen LogP contribution in [0.1, 0.15) is 33.6 Å². The molecule has 1 atom stereocenters. The molecule has 0 aliphatic carbocycles. The fourth-order valence-electron chi connectivity index (χ4n) is 5.72. The lowest BCUT2D eigenvalue weighted by Crippen LogP contribution is -2.73. The van der Waals surface area contributed by atoms with Crippen LogP contribution in [0.2, 0.25) is 44.4 Å². The van der Waals surface area contributed by atoms with Crippen molar-refractivity contribution in [2.24, 2.45) is 5.41 Å². The van der Waals surface area contributed by atoms with Crippen molar-refractivity contribution in [1.29, 1.82) is 0 Å². The molecule has 4 heteroatoms. The molecule has 3 rings (SSSR count). The molecule has 0 radical (unpaired) electrons. The summed E-state index contributed by atoms with van der Waals surface area (Å²) >= 11 is 0. The van der Waals surface area contributed by atoms with Crippen LogP contribution in [-0.4, -0.2) is 24.5 Å². The van der Waals surface area contributed by atoms with Gasteiger partial charge < -0.3 is 4.43 Å². The van der Waals surface area contributed by atoms with Gasteiger partial charge in [-0.2, -0.15) is 0 Å². The largest absolute Gasteiger partial charge is 0.547 e. The molecule has 3 aromatic rings. The van der Waals surface area contributed by atoms with E-state index in [9.17, 15) is 0 Å². The molecule has 0 heterocycles. The first kappa shape index (κ1) is 29.4. The van der Waals surface area contributed by atoms with Gasteiger partial charge in [-0.1, -0.05) is 138 Å². The first-order valence-corrected chi connectivity index (χ1v) is 22.9. The lowest BCUT2D eigenvalue weighted by atomic mass is 9.93. The van der Waals surface area contributed by atoms with Crippen molar-refractivity contribution in [1.82, 2.24) is 0 Å². The summed E-state index contributed by atoms with van der Waals surface area (Å²) in [6.45, 7) is 21.5. The normalized spacial score (nSPS) is 14.4. The van der Waals surface area contributed by atoms with E-state index >= 15 is 0 Å². The molecule has 198 valence electrons. The maximum atomic E-state index is 6.63. The maximum absolute atomic E-state index is 6.63. The molecule has 3 aromatic carbocycles. The highest BCUT2D eigenvalue weighted by Crippen LogP contribution is 2.38. The molecule has 0 N–H and O–H groups in total. The van der Waals surface area contributed by atoms with Crippen molar-refractivity contribution in [3.63, 3.8) is 0 Å². The van der Waals surface area contributed by atoms with Crippen molar-refractivity contribution in [3.8, 4) is 0 Å². The minimum Gasteiger partial charge on any atom is -0.547 e. The molecule has 0 aliphatic rings.